The number of likely N-dealkylation sites (N-methyl/N-ethyl adjacent to an activating group) is 1. The Hall–Kier alpha value is -2.51. The van der Waals surface area contributed by atoms with E-state index in [1.165, 1.54) is 17.7 Å². The minimum absolute atomic E-state index is 0.0119. The molecule has 5 nitrogen and oxygen atoms in total. The largest absolute Gasteiger partial charge is 0.353 e. The molecule has 0 atom stereocenters. The van der Waals surface area contributed by atoms with Crippen LogP contribution in [0.15, 0.2) is 42.5 Å². The standard InChI is InChI=1S/C26H32ClF2N3O2/c1-32(2)26(16-18-3-5-20(27)6-4-18)11-9-23(10-12-26)31-25(34)8-7-24(33)30-17-19-13-21(28)15-22(29)14-19/h3-6,13-15,23H,7-12,16-17H2,1-2H3,(H,30,33)(H,31,34). The van der Waals surface area contributed by atoms with Gasteiger partial charge in [0, 0.05) is 42.1 Å². The molecule has 0 heterocycles. The number of hydrogen-bond acceptors (Lipinski definition) is 3. The van der Waals surface area contributed by atoms with E-state index in [1.54, 1.807) is 0 Å². The fraction of sp³-hybridized carbons (Fsp3) is 0.462. The zero-order valence-corrected chi connectivity index (χ0v) is 20.4. The van der Waals surface area contributed by atoms with Gasteiger partial charge in [-0.05, 0) is 81.6 Å². The Kier molecular flexibility index (Phi) is 9.03. The summed E-state index contributed by atoms with van der Waals surface area (Å²) in [5.74, 6) is -1.88. The number of carbonyl (C=O) groups excluding carboxylic acids is 2. The molecule has 0 aliphatic heterocycles. The van der Waals surface area contributed by atoms with Crippen LogP contribution in [0.4, 0.5) is 8.78 Å². The third-order valence-corrected chi connectivity index (χ3v) is 6.92. The lowest BCUT2D eigenvalue weighted by Crippen LogP contribution is -2.52. The van der Waals surface area contributed by atoms with Gasteiger partial charge >= 0.3 is 0 Å². The molecule has 0 aromatic heterocycles. The molecule has 34 heavy (non-hydrogen) atoms. The lowest BCUT2D eigenvalue weighted by atomic mass is 9.75. The van der Waals surface area contributed by atoms with E-state index < -0.39 is 11.6 Å². The number of benzene rings is 2. The van der Waals surface area contributed by atoms with Crippen LogP contribution in [0.2, 0.25) is 5.02 Å². The monoisotopic (exact) mass is 491 g/mol. The molecule has 0 unspecified atom stereocenters. The number of halogens is 3. The van der Waals surface area contributed by atoms with Crippen molar-refractivity contribution in [1.29, 1.82) is 0 Å². The van der Waals surface area contributed by atoms with Gasteiger partial charge in [-0.1, -0.05) is 23.7 Å². The number of nitrogens with one attached hydrogen (secondary N) is 2. The fourth-order valence-electron chi connectivity index (χ4n) is 4.59. The van der Waals surface area contributed by atoms with Gasteiger partial charge in [0.15, 0.2) is 0 Å². The summed E-state index contributed by atoms with van der Waals surface area (Å²) in [4.78, 5) is 26.7. The third-order valence-electron chi connectivity index (χ3n) is 6.67. The van der Waals surface area contributed by atoms with Gasteiger partial charge in [0.25, 0.3) is 0 Å². The van der Waals surface area contributed by atoms with Crippen molar-refractivity contribution in [2.45, 2.75) is 63.1 Å². The van der Waals surface area contributed by atoms with Crippen LogP contribution in [-0.2, 0) is 22.6 Å². The Balaban J connectivity index is 1.41. The van der Waals surface area contributed by atoms with Gasteiger partial charge in [-0.3, -0.25) is 9.59 Å². The van der Waals surface area contributed by atoms with Crippen LogP contribution >= 0.6 is 11.6 Å². The predicted molar refractivity (Wildman–Crippen MR) is 129 cm³/mol. The molecular weight excluding hydrogens is 460 g/mol. The number of amides is 2. The Bertz CT molecular complexity index is 970. The average molecular weight is 492 g/mol. The smallest absolute Gasteiger partial charge is 0.220 e. The minimum atomic E-state index is -0.692. The number of rotatable bonds is 9. The summed E-state index contributed by atoms with van der Waals surface area (Å²) in [6.07, 6.45) is 4.67. The summed E-state index contributed by atoms with van der Waals surface area (Å²) in [5, 5.41) is 6.38. The summed E-state index contributed by atoms with van der Waals surface area (Å²) in [6, 6.07) is 11.2. The van der Waals surface area contributed by atoms with Gasteiger partial charge in [-0.15, -0.1) is 0 Å². The highest BCUT2D eigenvalue weighted by molar-refractivity contribution is 6.30. The van der Waals surface area contributed by atoms with Crippen LogP contribution in [0.1, 0.15) is 49.7 Å². The van der Waals surface area contributed by atoms with Crippen LogP contribution in [-0.4, -0.2) is 42.4 Å². The molecule has 1 saturated carbocycles. The fourth-order valence-corrected chi connectivity index (χ4v) is 4.72. The Morgan fingerprint density at radius 2 is 1.56 bits per heavy atom. The van der Waals surface area contributed by atoms with Crippen molar-refractivity contribution in [3.8, 4) is 0 Å². The van der Waals surface area contributed by atoms with E-state index >= 15 is 0 Å². The first kappa shape index (κ1) is 26.1. The van der Waals surface area contributed by atoms with Crippen molar-refractivity contribution in [3.05, 3.63) is 70.2 Å². The van der Waals surface area contributed by atoms with E-state index in [0.717, 1.165) is 43.2 Å². The Labute approximate surface area is 204 Å². The summed E-state index contributed by atoms with van der Waals surface area (Å²) in [6.45, 7) is 0.0119. The molecule has 2 amide bonds. The number of carbonyl (C=O) groups is 2. The molecule has 1 fully saturated rings. The second-order valence-electron chi connectivity index (χ2n) is 9.32. The summed E-state index contributed by atoms with van der Waals surface area (Å²) >= 11 is 6.02. The van der Waals surface area contributed by atoms with Gasteiger partial charge in [-0.2, -0.15) is 0 Å². The first-order valence-corrected chi connectivity index (χ1v) is 12.0. The Morgan fingerprint density at radius 3 is 2.15 bits per heavy atom. The maximum Gasteiger partial charge on any atom is 0.220 e. The SMILES string of the molecule is CN(C)C1(Cc2ccc(Cl)cc2)CCC(NC(=O)CCC(=O)NCc2cc(F)cc(F)c2)CC1. The van der Waals surface area contributed by atoms with Crippen molar-refractivity contribution in [1.82, 2.24) is 15.5 Å². The van der Waals surface area contributed by atoms with E-state index in [2.05, 4.69) is 41.8 Å². The van der Waals surface area contributed by atoms with Crippen LogP contribution in [0.3, 0.4) is 0 Å². The molecule has 0 spiro atoms. The maximum atomic E-state index is 13.2. The zero-order chi connectivity index (χ0) is 24.7. The van der Waals surface area contributed by atoms with Gasteiger partial charge in [-0.25, -0.2) is 8.78 Å². The van der Waals surface area contributed by atoms with Crippen LogP contribution in [0, 0.1) is 11.6 Å². The van der Waals surface area contributed by atoms with Gasteiger partial charge in [0.1, 0.15) is 11.6 Å². The van der Waals surface area contributed by atoms with E-state index in [9.17, 15) is 18.4 Å². The number of nitrogens with zero attached hydrogens (tertiary/aromatic N) is 1. The molecular formula is C26H32ClF2N3O2. The molecule has 2 aromatic rings. The van der Waals surface area contributed by atoms with E-state index in [-0.39, 0.29) is 42.8 Å². The van der Waals surface area contributed by atoms with Crippen LogP contribution < -0.4 is 10.6 Å². The highest BCUT2D eigenvalue weighted by Gasteiger charge is 2.37. The van der Waals surface area contributed by atoms with E-state index in [4.69, 9.17) is 11.6 Å². The molecule has 0 radical (unpaired) electrons. The second-order valence-corrected chi connectivity index (χ2v) is 9.75. The average Bonchev–Trinajstić information content (AvgIpc) is 2.78. The minimum Gasteiger partial charge on any atom is -0.353 e. The van der Waals surface area contributed by atoms with Crippen molar-refractivity contribution in [2.24, 2.45) is 0 Å². The predicted octanol–water partition coefficient (Wildman–Crippen LogP) is 4.62. The Morgan fingerprint density at radius 1 is 0.971 bits per heavy atom. The van der Waals surface area contributed by atoms with Crippen molar-refractivity contribution < 1.29 is 18.4 Å². The van der Waals surface area contributed by atoms with Gasteiger partial charge < -0.3 is 15.5 Å². The highest BCUT2D eigenvalue weighted by Crippen LogP contribution is 2.35. The summed E-state index contributed by atoms with van der Waals surface area (Å²) in [5.41, 5.74) is 1.61. The number of hydrogen-bond donors (Lipinski definition) is 2. The molecule has 1 aliphatic carbocycles. The highest BCUT2D eigenvalue weighted by atomic mass is 35.5. The summed E-state index contributed by atoms with van der Waals surface area (Å²) in [7, 11) is 4.21. The van der Waals surface area contributed by atoms with Crippen molar-refractivity contribution >= 4 is 23.4 Å². The second kappa shape index (κ2) is 11.8. The molecule has 1 aliphatic rings. The molecule has 184 valence electrons. The lowest BCUT2D eigenvalue weighted by Gasteiger charge is -2.45. The molecule has 3 rings (SSSR count). The van der Waals surface area contributed by atoms with E-state index in [0.29, 0.717) is 5.56 Å². The molecule has 2 N–H and O–H groups in total. The van der Waals surface area contributed by atoms with Crippen molar-refractivity contribution in [3.63, 3.8) is 0 Å². The molecule has 8 heteroatoms. The third kappa shape index (κ3) is 7.50. The van der Waals surface area contributed by atoms with Gasteiger partial charge in [0.2, 0.25) is 11.8 Å². The first-order chi connectivity index (χ1) is 16.1. The topological polar surface area (TPSA) is 61.4 Å². The lowest BCUT2D eigenvalue weighted by molar-refractivity contribution is -0.127. The van der Waals surface area contributed by atoms with Crippen LogP contribution in [0.5, 0.6) is 0 Å². The normalized spacial score (nSPS) is 20.2. The first-order valence-electron chi connectivity index (χ1n) is 11.6. The summed E-state index contributed by atoms with van der Waals surface area (Å²) < 4.78 is 26.5. The van der Waals surface area contributed by atoms with E-state index in [1.807, 2.05) is 12.1 Å². The molecule has 0 bridgehead atoms. The molecule has 0 saturated heterocycles. The van der Waals surface area contributed by atoms with Crippen molar-refractivity contribution in [2.75, 3.05) is 14.1 Å². The maximum absolute atomic E-state index is 13.2. The zero-order valence-electron chi connectivity index (χ0n) is 19.7. The quantitative estimate of drug-likeness (QED) is 0.538. The van der Waals surface area contributed by atoms with Crippen LogP contribution in [0.25, 0.3) is 0 Å². The molecule has 2 aromatic carbocycles. The van der Waals surface area contributed by atoms with Gasteiger partial charge in [0.05, 0.1) is 0 Å².